The van der Waals surface area contributed by atoms with Crippen molar-refractivity contribution in [3.63, 3.8) is 0 Å². The van der Waals surface area contributed by atoms with Crippen molar-refractivity contribution in [2.75, 3.05) is 0 Å². The fourth-order valence-electron chi connectivity index (χ4n) is 0.628. The van der Waals surface area contributed by atoms with E-state index < -0.39 is 0 Å². The Morgan fingerprint density at radius 1 is 1.30 bits per heavy atom. The Morgan fingerprint density at radius 3 is 2.20 bits per heavy atom. The minimum atomic E-state index is 0. The number of benzene rings is 1. The molecule has 0 spiro atoms. The van der Waals surface area contributed by atoms with Gasteiger partial charge >= 0.3 is 37.7 Å². The molecule has 0 bridgehead atoms. The topological polar surface area (TPSA) is 20.2 Å². The molecule has 0 radical (unpaired) electrons. The molecule has 0 saturated carbocycles. The Labute approximate surface area is 101 Å². The van der Waals surface area contributed by atoms with Crippen molar-refractivity contribution < 1.29 is 5.11 Å². The van der Waals surface area contributed by atoms with Crippen LogP contribution in [0, 0.1) is 6.92 Å². The molecule has 0 atom stereocenters. The fourth-order valence-corrected chi connectivity index (χ4v) is 0.628. The second-order valence-corrected chi connectivity index (χ2v) is 1.84. The van der Waals surface area contributed by atoms with E-state index in [0.29, 0.717) is 5.75 Å². The molecule has 1 N–H and O–H groups in total. The van der Waals surface area contributed by atoms with Crippen LogP contribution in [0.3, 0.4) is 0 Å². The molecule has 0 amide bonds. The summed E-state index contributed by atoms with van der Waals surface area (Å²) in [5, 5.41) is 8.81. The van der Waals surface area contributed by atoms with E-state index in [1.807, 2.05) is 19.1 Å². The SMILES string of the molecule is Br.Cc1cccc(O)c1.[CaH2]. The van der Waals surface area contributed by atoms with Crippen LogP contribution in [0.4, 0.5) is 0 Å². The third-order valence-corrected chi connectivity index (χ3v) is 1.00. The molecule has 0 unspecified atom stereocenters. The van der Waals surface area contributed by atoms with Crippen LogP contribution in [0.2, 0.25) is 0 Å². The van der Waals surface area contributed by atoms with E-state index in [-0.39, 0.29) is 54.7 Å². The predicted octanol–water partition coefficient (Wildman–Crippen LogP) is 1.36. The van der Waals surface area contributed by atoms with Crippen molar-refractivity contribution in [1.29, 1.82) is 0 Å². The first-order valence-electron chi connectivity index (χ1n) is 2.54. The molecular weight excluding hydrogens is 220 g/mol. The van der Waals surface area contributed by atoms with Gasteiger partial charge in [-0.2, -0.15) is 0 Å². The van der Waals surface area contributed by atoms with Gasteiger partial charge in [-0.05, 0) is 24.6 Å². The second kappa shape index (κ2) is 6.47. The summed E-state index contributed by atoms with van der Waals surface area (Å²) in [6.45, 7) is 1.94. The van der Waals surface area contributed by atoms with Crippen molar-refractivity contribution in [2.45, 2.75) is 6.92 Å². The number of aryl methyl sites for hydroxylation is 1. The summed E-state index contributed by atoms with van der Waals surface area (Å²) >= 11 is 0. The Bertz CT molecular complexity index is 173. The Hall–Kier alpha value is 0.760. The zero-order valence-corrected chi connectivity index (χ0v) is 6.88. The first-order valence-corrected chi connectivity index (χ1v) is 2.54. The van der Waals surface area contributed by atoms with Crippen LogP contribution in [-0.4, -0.2) is 42.8 Å². The number of rotatable bonds is 0. The normalized spacial score (nSPS) is 7.30. The van der Waals surface area contributed by atoms with E-state index in [2.05, 4.69) is 0 Å². The van der Waals surface area contributed by atoms with Gasteiger partial charge in [-0.3, -0.25) is 0 Å². The van der Waals surface area contributed by atoms with Crippen LogP contribution in [0.25, 0.3) is 0 Å². The van der Waals surface area contributed by atoms with Crippen molar-refractivity contribution in [3.05, 3.63) is 29.8 Å². The molecule has 0 fully saturated rings. The van der Waals surface area contributed by atoms with Crippen LogP contribution in [0.5, 0.6) is 5.75 Å². The fraction of sp³-hybridized carbons (Fsp3) is 0.143. The predicted molar refractivity (Wildman–Crippen MR) is 51.7 cm³/mol. The molecular formula is C7H11BrCaO. The number of phenolic OH excluding ortho intramolecular Hbond substituents is 1. The molecule has 0 aliphatic rings. The van der Waals surface area contributed by atoms with Gasteiger partial charge in [0, 0.05) is 0 Å². The van der Waals surface area contributed by atoms with Gasteiger partial charge in [0.05, 0.1) is 0 Å². The molecule has 1 rings (SSSR count). The van der Waals surface area contributed by atoms with Gasteiger partial charge in [0.15, 0.2) is 0 Å². The maximum atomic E-state index is 8.81. The van der Waals surface area contributed by atoms with Gasteiger partial charge in [-0.25, -0.2) is 0 Å². The number of halogens is 1. The third-order valence-electron chi connectivity index (χ3n) is 1.00. The van der Waals surface area contributed by atoms with Crippen LogP contribution >= 0.6 is 17.0 Å². The molecule has 0 saturated heterocycles. The molecule has 1 aromatic carbocycles. The maximum absolute atomic E-state index is 8.81. The van der Waals surface area contributed by atoms with Gasteiger partial charge in [0.25, 0.3) is 0 Å². The zero-order chi connectivity index (χ0) is 5.98. The average molecular weight is 231 g/mol. The first kappa shape index (κ1) is 13.4. The summed E-state index contributed by atoms with van der Waals surface area (Å²) in [5.41, 5.74) is 1.09. The van der Waals surface area contributed by atoms with Crippen LogP contribution in [0.1, 0.15) is 5.56 Å². The minimum absolute atomic E-state index is 0. The summed E-state index contributed by atoms with van der Waals surface area (Å²) in [6, 6.07) is 7.15. The van der Waals surface area contributed by atoms with Crippen LogP contribution in [-0.2, 0) is 0 Å². The van der Waals surface area contributed by atoms with Crippen molar-refractivity contribution in [1.82, 2.24) is 0 Å². The van der Waals surface area contributed by atoms with Crippen LogP contribution < -0.4 is 0 Å². The Morgan fingerprint density at radius 2 is 1.90 bits per heavy atom. The Kier molecular flexibility index (Phi) is 8.64. The number of hydrogen-bond donors (Lipinski definition) is 1. The molecule has 0 aliphatic carbocycles. The van der Waals surface area contributed by atoms with E-state index in [9.17, 15) is 0 Å². The summed E-state index contributed by atoms with van der Waals surface area (Å²) < 4.78 is 0. The molecule has 3 heteroatoms. The summed E-state index contributed by atoms with van der Waals surface area (Å²) in [4.78, 5) is 0. The quantitative estimate of drug-likeness (QED) is 0.668. The van der Waals surface area contributed by atoms with E-state index >= 15 is 0 Å². The molecule has 0 heterocycles. The average Bonchev–Trinajstić information content (AvgIpc) is 1.64. The van der Waals surface area contributed by atoms with Crippen molar-refractivity contribution >= 4 is 54.7 Å². The summed E-state index contributed by atoms with van der Waals surface area (Å²) in [5.74, 6) is 0.338. The zero-order valence-electron chi connectivity index (χ0n) is 5.16. The second-order valence-electron chi connectivity index (χ2n) is 1.84. The number of hydrogen-bond acceptors (Lipinski definition) is 1. The van der Waals surface area contributed by atoms with E-state index in [4.69, 9.17) is 5.11 Å². The van der Waals surface area contributed by atoms with Crippen molar-refractivity contribution in [3.8, 4) is 5.75 Å². The van der Waals surface area contributed by atoms with Gasteiger partial charge < -0.3 is 5.11 Å². The van der Waals surface area contributed by atoms with Crippen molar-refractivity contribution in [2.24, 2.45) is 0 Å². The van der Waals surface area contributed by atoms with Gasteiger partial charge in [0.2, 0.25) is 0 Å². The summed E-state index contributed by atoms with van der Waals surface area (Å²) in [7, 11) is 0. The third kappa shape index (κ3) is 4.56. The molecule has 0 aromatic heterocycles. The molecule has 1 aromatic rings. The first-order chi connectivity index (χ1) is 3.79. The van der Waals surface area contributed by atoms with E-state index in [1.54, 1.807) is 12.1 Å². The number of phenols is 1. The standard InChI is InChI=1S/C7H8O.BrH.Ca.2H/c1-6-3-2-4-7(8)5-6;;;;/h2-5,8H,1H3;1H;;;. The Balaban J connectivity index is 0. The van der Waals surface area contributed by atoms with Gasteiger partial charge in [-0.1, -0.05) is 12.1 Å². The monoisotopic (exact) mass is 230 g/mol. The van der Waals surface area contributed by atoms with E-state index in [1.165, 1.54) is 0 Å². The molecule has 10 heavy (non-hydrogen) atoms. The van der Waals surface area contributed by atoms with Gasteiger partial charge in [0.1, 0.15) is 5.75 Å². The number of aromatic hydroxyl groups is 1. The van der Waals surface area contributed by atoms with Crippen LogP contribution in [0.15, 0.2) is 24.3 Å². The van der Waals surface area contributed by atoms with E-state index in [0.717, 1.165) is 5.56 Å². The molecule has 0 aliphatic heterocycles. The molecule has 1 nitrogen and oxygen atoms in total. The summed E-state index contributed by atoms with van der Waals surface area (Å²) in [6.07, 6.45) is 0. The van der Waals surface area contributed by atoms with Gasteiger partial charge in [-0.15, -0.1) is 17.0 Å². The molecule has 54 valence electrons.